The molecule has 0 unspecified atom stereocenters. The quantitative estimate of drug-likeness (QED) is 0.876. The molecular formula is C14H18N2O2S. The van der Waals surface area contributed by atoms with Crippen LogP contribution in [0.5, 0.6) is 11.5 Å². The highest BCUT2D eigenvalue weighted by Crippen LogP contribution is 2.34. The topological polar surface area (TPSA) is 43.4 Å². The molecule has 19 heavy (non-hydrogen) atoms. The van der Waals surface area contributed by atoms with Gasteiger partial charge >= 0.3 is 0 Å². The minimum Gasteiger partial charge on any atom is -0.497 e. The van der Waals surface area contributed by atoms with Gasteiger partial charge in [-0.2, -0.15) is 0 Å². The van der Waals surface area contributed by atoms with Crippen molar-refractivity contribution in [2.24, 2.45) is 0 Å². The summed E-state index contributed by atoms with van der Waals surface area (Å²) >= 11 is 1.60. The largest absolute Gasteiger partial charge is 0.497 e. The van der Waals surface area contributed by atoms with Crippen molar-refractivity contribution in [3.63, 3.8) is 0 Å². The van der Waals surface area contributed by atoms with E-state index in [0.717, 1.165) is 40.9 Å². The SMILES string of the molecule is CCCNc1nc(-c2ccc(OC)cc2OC)cs1. The van der Waals surface area contributed by atoms with Crippen molar-refractivity contribution in [3.05, 3.63) is 23.6 Å². The lowest BCUT2D eigenvalue weighted by atomic mass is 10.1. The van der Waals surface area contributed by atoms with Crippen LogP contribution >= 0.6 is 11.3 Å². The number of thiazole rings is 1. The predicted molar refractivity (Wildman–Crippen MR) is 79.4 cm³/mol. The maximum absolute atomic E-state index is 5.40. The first kappa shape index (κ1) is 13.7. The summed E-state index contributed by atoms with van der Waals surface area (Å²) in [5, 5.41) is 6.26. The van der Waals surface area contributed by atoms with E-state index in [-0.39, 0.29) is 0 Å². The maximum Gasteiger partial charge on any atom is 0.183 e. The number of hydrogen-bond donors (Lipinski definition) is 1. The molecule has 1 heterocycles. The van der Waals surface area contributed by atoms with E-state index in [1.807, 2.05) is 23.6 Å². The molecule has 2 rings (SSSR count). The lowest BCUT2D eigenvalue weighted by Gasteiger charge is -2.08. The van der Waals surface area contributed by atoms with Crippen LogP contribution in [0.3, 0.4) is 0 Å². The Labute approximate surface area is 117 Å². The zero-order valence-corrected chi connectivity index (χ0v) is 12.2. The Bertz CT molecular complexity index is 540. The zero-order valence-electron chi connectivity index (χ0n) is 11.4. The molecule has 0 amide bonds. The fourth-order valence-corrected chi connectivity index (χ4v) is 2.46. The molecule has 0 saturated carbocycles. The van der Waals surface area contributed by atoms with Crippen LogP contribution in [0.15, 0.2) is 23.6 Å². The second-order valence-electron chi connectivity index (χ2n) is 4.03. The van der Waals surface area contributed by atoms with Crippen molar-refractivity contribution >= 4 is 16.5 Å². The Kier molecular flexibility index (Phi) is 4.63. The van der Waals surface area contributed by atoms with Crippen LogP contribution in [0.2, 0.25) is 0 Å². The average Bonchev–Trinajstić information content (AvgIpc) is 2.92. The number of ether oxygens (including phenoxy) is 2. The van der Waals surface area contributed by atoms with E-state index < -0.39 is 0 Å². The molecular weight excluding hydrogens is 260 g/mol. The zero-order chi connectivity index (χ0) is 13.7. The molecule has 1 aromatic carbocycles. The van der Waals surface area contributed by atoms with Crippen molar-refractivity contribution in [2.75, 3.05) is 26.1 Å². The fraction of sp³-hybridized carbons (Fsp3) is 0.357. The number of nitrogens with one attached hydrogen (secondary N) is 1. The highest BCUT2D eigenvalue weighted by atomic mass is 32.1. The van der Waals surface area contributed by atoms with Crippen LogP contribution in [0.25, 0.3) is 11.3 Å². The van der Waals surface area contributed by atoms with Crippen LogP contribution in [0.4, 0.5) is 5.13 Å². The van der Waals surface area contributed by atoms with E-state index in [2.05, 4.69) is 17.2 Å². The molecule has 0 spiro atoms. The maximum atomic E-state index is 5.40. The number of anilines is 1. The van der Waals surface area contributed by atoms with Crippen molar-refractivity contribution in [1.29, 1.82) is 0 Å². The smallest absolute Gasteiger partial charge is 0.183 e. The number of benzene rings is 1. The van der Waals surface area contributed by atoms with E-state index in [9.17, 15) is 0 Å². The highest BCUT2D eigenvalue weighted by molar-refractivity contribution is 7.14. The molecule has 0 aliphatic heterocycles. The molecule has 0 atom stereocenters. The van der Waals surface area contributed by atoms with E-state index >= 15 is 0 Å². The monoisotopic (exact) mass is 278 g/mol. The van der Waals surface area contributed by atoms with E-state index in [1.54, 1.807) is 25.6 Å². The van der Waals surface area contributed by atoms with Crippen LogP contribution in [-0.2, 0) is 0 Å². The minimum absolute atomic E-state index is 0.770. The van der Waals surface area contributed by atoms with E-state index in [4.69, 9.17) is 9.47 Å². The molecule has 0 radical (unpaired) electrons. The van der Waals surface area contributed by atoms with Crippen molar-refractivity contribution in [2.45, 2.75) is 13.3 Å². The standard InChI is InChI=1S/C14H18N2O2S/c1-4-7-15-14-16-12(9-19-14)11-6-5-10(17-2)8-13(11)18-3/h5-6,8-9H,4,7H2,1-3H3,(H,15,16). The Morgan fingerprint density at radius 2 is 2.11 bits per heavy atom. The van der Waals surface area contributed by atoms with Gasteiger partial charge in [0.1, 0.15) is 11.5 Å². The van der Waals surface area contributed by atoms with Gasteiger partial charge in [-0.25, -0.2) is 4.98 Å². The van der Waals surface area contributed by atoms with Gasteiger partial charge in [-0.3, -0.25) is 0 Å². The molecule has 0 saturated heterocycles. The Hall–Kier alpha value is -1.75. The minimum atomic E-state index is 0.770. The second kappa shape index (κ2) is 6.43. The summed E-state index contributed by atoms with van der Waals surface area (Å²) in [6.07, 6.45) is 1.08. The van der Waals surface area contributed by atoms with Gasteiger partial charge in [0.15, 0.2) is 5.13 Å². The number of hydrogen-bond acceptors (Lipinski definition) is 5. The van der Waals surface area contributed by atoms with Gasteiger partial charge in [0.2, 0.25) is 0 Å². The van der Waals surface area contributed by atoms with Crippen molar-refractivity contribution in [1.82, 2.24) is 4.98 Å². The van der Waals surface area contributed by atoms with Gasteiger partial charge in [-0.15, -0.1) is 11.3 Å². The third kappa shape index (κ3) is 3.17. The molecule has 1 aromatic heterocycles. The summed E-state index contributed by atoms with van der Waals surface area (Å²) < 4.78 is 10.6. The average molecular weight is 278 g/mol. The molecule has 4 nitrogen and oxygen atoms in total. The van der Waals surface area contributed by atoms with Gasteiger partial charge in [-0.1, -0.05) is 6.92 Å². The highest BCUT2D eigenvalue weighted by Gasteiger charge is 2.11. The van der Waals surface area contributed by atoms with Crippen molar-refractivity contribution < 1.29 is 9.47 Å². The summed E-state index contributed by atoms with van der Waals surface area (Å²) in [4.78, 5) is 4.57. The first-order valence-electron chi connectivity index (χ1n) is 6.20. The molecule has 0 bridgehead atoms. The third-order valence-corrected chi connectivity index (χ3v) is 3.52. The first-order chi connectivity index (χ1) is 9.28. The van der Waals surface area contributed by atoms with E-state index in [0.29, 0.717) is 0 Å². The second-order valence-corrected chi connectivity index (χ2v) is 4.89. The molecule has 0 fully saturated rings. The molecule has 1 N–H and O–H groups in total. The molecule has 102 valence electrons. The van der Waals surface area contributed by atoms with Gasteiger partial charge in [0.05, 0.1) is 19.9 Å². The molecule has 0 aliphatic rings. The van der Waals surface area contributed by atoms with Gasteiger partial charge in [-0.05, 0) is 18.6 Å². The van der Waals surface area contributed by atoms with Crippen LogP contribution in [0.1, 0.15) is 13.3 Å². The van der Waals surface area contributed by atoms with Crippen molar-refractivity contribution in [3.8, 4) is 22.8 Å². The van der Waals surface area contributed by atoms with Crippen LogP contribution < -0.4 is 14.8 Å². The molecule has 5 heteroatoms. The van der Waals surface area contributed by atoms with Gasteiger partial charge in [0.25, 0.3) is 0 Å². The Morgan fingerprint density at radius 3 is 2.79 bits per heavy atom. The number of nitrogens with zero attached hydrogens (tertiary/aromatic N) is 1. The van der Waals surface area contributed by atoms with Crippen LogP contribution in [0, 0.1) is 0 Å². The number of aromatic nitrogens is 1. The third-order valence-electron chi connectivity index (χ3n) is 2.72. The summed E-state index contributed by atoms with van der Waals surface area (Å²) in [6, 6.07) is 5.75. The Morgan fingerprint density at radius 1 is 1.26 bits per heavy atom. The fourth-order valence-electron chi connectivity index (χ4n) is 1.72. The lowest BCUT2D eigenvalue weighted by molar-refractivity contribution is 0.395. The summed E-state index contributed by atoms with van der Waals surface area (Å²) in [5.74, 6) is 1.55. The predicted octanol–water partition coefficient (Wildman–Crippen LogP) is 3.65. The summed E-state index contributed by atoms with van der Waals surface area (Å²) in [7, 11) is 3.30. The first-order valence-corrected chi connectivity index (χ1v) is 7.08. The summed E-state index contributed by atoms with van der Waals surface area (Å²) in [5.41, 5.74) is 1.90. The van der Waals surface area contributed by atoms with Gasteiger partial charge < -0.3 is 14.8 Å². The number of methoxy groups -OCH3 is 2. The molecule has 2 aromatic rings. The van der Waals surface area contributed by atoms with Crippen LogP contribution in [-0.4, -0.2) is 25.7 Å². The Balaban J connectivity index is 2.27. The molecule has 0 aliphatic carbocycles. The lowest BCUT2D eigenvalue weighted by Crippen LogP contribution is -1.98. The normalized spacial score (nSPS) is 10.3. The van der Waals surface area contributed by atoms with E-state index in [1.165, 1.54) is 0 Å². The van der Waals surface area contributed by atoms with Gasteiger partial charge in [0, 0.05) is 23.6 Å². The number of rotatable bonds is 6. The summed E-state index contributed by atoms with van der Waals surface area (Å²) in [6.45, 7) is 3.07.